The number of amidine groups is 1. The molecule has 0 radical (unpaired) electrons. The van der Waals surface area contributed by atoms with Crippen LogP contribution in [0.15, 0.2) is 84.9 Å². The number of nitrogens with two attached hydrogens (primary N) is 1. The summed E-state index contributed by atoms with van der Waals surface area (Å²) in [6, 6.07) is 23.5. The number of aliphatic carboxylic acids is 1. The Kier molecular flexibility index (Phi) is 9.00. The van der Waals surface area contributed by atoms with Gasteiger partial charge in [0.05, 0.1) is 0 Å². The van der Waals surface area contributed by atoms with Crippen LogP contribution in [0.5, 0.6) is 0 Å². The van der Waals surface area contributed by atoms with Crippen LogP contribution >= 0.6 is 12.2 Å². The number of imide groups is 1. The van der Waals surface area contributed by atoms with Gasteiger partial charge in [0.2, 0.25) is 11.6 Å². The lowest BCUT2D eigenvalue weighted by atomic mass is 9.89. The second kappa shape index (κ2) is 12.5. The van der Waals surface area contributed by atoms with Gasteiger partial charge in [-0.1, -0.05) is 84.9 Å². The first-order valence-corrected chi connectivity index (χ1v) is 14.0. The van der Waals surface area contributed by atoms with Gasteiger partial charge >= 0.3 is 12.0 Å². The third-order valence-corrected chi connectivity index (χ3v) is 7.74. The van der Waals surface area contributed by atoms with Crippen LogP contribution in [0.25, 0.3) is 0 Å². The van der Waals surface area contributed by atoms with E-state index in [2.05, 4.69) is 10.6 Å². The fraction of sp³-hybridized carbons (Fsp3) is 0.226. The van der Waals surface area contributed by atoms with Crippen molar-refractivity contribution in [1.29, 1.82) is 5.41 Å². The van der Waals surface area contributed by atoms with Crippen molar-refractivity contribution in [1.82, 2.24) is 25.6 Å². The van der Waals surface area contributed by atoms with Crippen molar-refractivity contribution in [3.8, 4) is 0 Å². The minimum Gasteiger partial charge on any atom is -0.478 e. The van der Waals surface area contributed by atoms with E-state index in [1.807, 2.05) is 36.4 Å². The minimum absolute atomic E-state index is 0.0348. The molecule has 1 saturated heterocycles. The van der Waals surface area contributed by atoms with Crippen LogP contribution in [0.4, 0.5) is 4.79 Å². The number of hydrogen-bond acceptors (Lipinski definition) is 6. The summed E-state index contributed by atoms with van der Waals surface area (Å²) in [7, 11) is 0. The number of carboxylic acids is 1. The summed E-state index contributed by atoms with van der Waals surface area (Å²) in [5, 5.41) is 24.7. The van der Waals surface area contributed by atoms with Crippen LogP contribution in [0.1, 0.15) is 43.0 Å². The molecule has 0 saturated carbocycles. The predicted octanol–water partition coefficient (Wildman–Crippen LogP) is 2.88. The number of hydrazine groups is 1. The Labute approximate surface area is 259 Å². The molecule has 1 aliphatic rings. The highest BCUT2D eigenvalue weighted by atomic mass is 32.1. The Morgan fingerprint density at radius 2 is 1.55 bits per heavy atom. The van der Waals surface area contributed by atoms with Gasteiger partial charge in [0.25, 0.3) is 5.91 Å². The van der Waals surface area contributed by atoms with Crippen LogP contribution in [0, 0.1) is 5.41 Å². The molecule has 0 bridgehead atoms. The number of benzene rings is 3. The van der Waals surface area contributed by atoms with E-state index in [9.17, 15) is 24.3 Å². The van der Waals surface area contributed by atoms with E-state index >= 15 is 0 Å². The normalized spacial score (nSPS) is 17.5. The number of nitrogens with one attached hydrogen (secondary N) is 3. The van der Waals surface area contributed by atoms with E-state index in [0.717, 1.165) is 19.4 Å². The summed E-state index contributed by atoms with van der Waals surface area (Å²) in [6.07, 6.45) is 0. The monoisotopic (exact) mass is 615 g/mol. The van der Waals surface area contributed by atoms with Gasteiger partial charge in [0.1, 0.15) is 11.4 Å². The van der Waals surface area contributed by atoms with Crippen LogP contribution < -0.4 is 16.4 Å². The van der Waals surface area contributed by atoms with Gasteiger partial charge in [-0.2, -0.15) is 5.01 Å². The van der Waals surface area contributed by atoms with E-state index in [0.29, 0.717) is 26.7 Å². The predicted molar refractivity (Wildman–Crippen MR) is 167 cm³/mol. The van der Waals surface area contributed by atoms with Gasteiger partial charge in [0.15, 0.2) is 5.11 Å². The summed E-state index contributed by atoms with van der Waals surface area (Å²) < 4.78 is 0. The Bertz CT molecular complexity index is 1600. The lowest BCUT2D eigenvalue weighted by Crippen LogP contribution is -2.71. The number of urea groups is 1. The maximum absolute atomic E-state index is 14.4. The zero-order valence-electron chi connectivity index (χ0n) is 24.4. The summed E-state index contributed by atoms with van der Waals surface area (Å²) >= 11 is 5.37. The number of hydrogen-bond donors (Lipinski definition) is 5. The van der Waals surface area contributed by atoms with Crippen LogP contribution in [0.3, 0.4) is 0 Å². The topological polar surface area (TPSA) is 172 Å². The quantitative estimate of drug-likeness (QED) is 0.0756. The summed E-state index contributed by atoms with van der Waals surface area (Å²) in [5.74, 6) is -3.50. The molecule has 0 spiro atoms. The maximum atomic E-state index is 14.4. The van der Waals surface area contributed by atoms with Crippen molar-refractivity contribution in [2.75, 3.05) is 0 Å². The second-order valence-electron chi connectivity index (χ2n) is 10.5. The van der Waals surface area contributed by atoms with Crippen LogP contribution in [-0.4, -0.2) is 60.4 Å². The molecule has 2 atom stereocenters. The number of nitrogens with zero attached hydrogens (tertiary/aromatic N) is 3. The van der Waals surface area contributed by atoms with Crippen molar-refractivity contribution in [3.63, 3.8) is 0 Å². The molecule has 0 aliphatic carbocycles. The zero-order chi connectivity index (χ0) is 32.2. The third-order valence-electron chi connectivity index (χ3n) is 7.49. The highest BCUT2D eigenvalue weighted by Crippen LogP contribution is 2.40. The Hall–Kier alpha value is -5.30. The molecule has 228 valence electrons. The Morgan fingerprint density at radius 3 is 2.05 bits per heavy atom. The highest BCUT2D eigenvalue weighted by molar-refractivity contribution is 7.80. The average Bonchev–Trinajstić information content (AvgIpc) is 3.18. The number of carboxylic acid groups (broad SMARTS) is 1. The van der Waals surface area contributed by atoms with Crippen molar-refractivity contribution < 1.29 is 24.3 Å². The third kappa shape index (κ3) is 5.95. The average molecular weight is 616 g/mol. The van der Waals surface area contributed by atoms with Gasteiger partial charge in [0, 0.05) is 25.6 Å². The van der Waals surface area contributed by atoms with E-state index < -0.39 is 35.0 Å². The highest BCUT2D eigenvalue weighted by Gasteiger charge is 2.61. The molecule has 13 heteroatoms. The van der Waals surface area contributed by atoms with Gasteiger partial charge < -0.3 is 21.5 Å². The lowest BCUT2D eigenvalue weighted by Gasteiger charge is -2.41. The standard InChI is InChI=1S/C31H33N7O5S/c1-20(39)38(31(3,27(41)42)35-28(44)34-18-21-10-6-4-7-11-21)37-26(40)30(2,24-16-14-23(15-17-24)25(32)33)36(29(37)43)19-22-12-8-5-9-13-22/h4-17H,18-19H2,1-3H3,(H3,32,33)(H,41,42)(H2,34,35,44)/t30?,31-/m0/s1. The van der Waals surface area contributed by atoms with E-state index in [1.165, 1.54) is 11.8 Å². The van der Waals surface area contributed by atoms with Gasteiger partial charge in [-0.25, -0.2) is 14.6 Å². The molecule has 3 aromatic rings. The fourth-order valence-electron chi connectivity index (χ4n) is 5.03. The first kappa shape index (κ1) is 31.6. The zero-order valence-corrected chi connectivity index (χ0v) is 25.2. The molecule has 4 rings (SSSR count). The SMILES string of the molecule is CC(=O)N(N1C(=O)N(Cc2ccccc2)C(C)(c2ccc(C(=N)N)cc2)C1=O)[C@](C)(NC(=S)NCc1ccccc1)C(=O)O. The Balaban J connectivity index is 1.76. The Morgan fingerprint density at radius 1 is 1.00 bits per heavy atom. The van der Waals surface area contributed by atoms with Crippen molar-refractivity contribution in [2.45, 2.75) is 45.1 Å². The molecule has 0 aromatic heterocycles. The lowest BCUT2D eigenvalue weighted by molar-refractivity contribution is -0.180. The maximum Gasteiger partial charge on any atom is 0.352 e. The molecule has 1 aliphatic heterocycles. The number of carbonyl (C=O) groups excluding carboxylic acids is 3. The number of nitrogen functional groups attached to an aromatic ring is 1. The van der Waals surface area contributed by atoms with Crippen LogP contribution in [-0.2, 0) is 33.0 Å². The van der Waals surface area contributed by atoms with E-state index in [1.54, 1.807) is 48.5 Å². The molecule has 44 heavy (non-hydrogen) atoms. The van der Waals surface area contributed by atoms with Crippen molar-refractivity contribution >= 4 is 47.0 Å². The van der Waals surface area contributed by atoms with Crippen molar-refractivity contribution in [3.05, 3.63) is 107 Å². The number of rotatable bonds is 10. The fourth-order valence-corrected chi connectivity index (χ4v) is 5.30. The van der Waals surface area contributed by atoms with Gasteiger partial charge in [-0.15, -0.1) is 0 Å². The van der Waals surface area contributed by atoms with Gasteiger partial charge in [-0.05, 0) is 42.8 Å². The largest absolute Gasteiger partial charge is 0.478 e. The van der Waals surface area contributed by atoms with E-state index in [-0.39, 0.29) is 24.0 Å². The molecular weight excluding hydrogens is 582 g/mol. The smallest absolute Gasteiger partial charge is 0.352 e. The summed E-state index contributed by atoms with van der Waals surface area (Å²) in [4.78, 5) is 55.9. The number of carbonyl (C=O) groups is 4. The molecule has 12 nitrogen and oxygen atoms in total. The molecular formula is C31H33N7O5S. The molecule has 1 unspecified atom stereocenters. The molecule has 1 fully saturated rings. The first-order chi connectivity index (χ1) is 20.8. The summed E-state index contributed by atoms with van der Waals surface area (Å²) in [5.41, 5.74) is 3.91. The molecule has 1 heterocycles. The summed E-state index contributed by atoms with van der Waals surface area (Å²) in [6.45, 7) is 3.94. The van der Waals surface area contributed by atoms with Crippen molar-refractivity contribution in [2.24, 2.45) is 5.73 Å². The van der Waals surface area contributed by atoms with Crippen LogP contribution in [0.2, 0.25) is 0 Å². The number of thiocarbonyl (C=S) groups is 1. The minimum atomic E-state index is -2.36. The number of amides is 4. The molecule has 4 amide bonds. The molecule has 3 aromatic carbocycles. The first-order valence-electron chi connectivity index (χ1n) is 13.6. The second-order valence-corrected chi connectivity index (χ2v) is 10.9. The van der Waals surface area contributed by atoms with E-state index in [4.69, 9.17) is 23.4 Å². The molecule has 6 N–H and O–H groups in total. The van der Waals surface area contributed by atoms with Gasteiger partial charge in [-0.3, -0.25) is 19.9 Å².